The Bertz CT molecular complexity index is 94.5. The summed E-state index contributed by atoms with van der Waals surface area (Å²) >= 11 is 0. The SMILES string of the molecule is C=CC[N]C#CC. The Morgan fingerprint density at radius 1 is 1.86 bits per heavy atom. The van der Waals surface area contributed by atoms with Gasteiger partial charge in [-0.1, -0.05) is 12.0 Å². The zero-order valence-corrected chi connectivity index (χ0v) is 4.44. The second-order valence-corrected chi connectivity index (χ2v) is 0.991. The number of hydrogen-bond acceptors (Lipinski definition) is 0. The molecule has 0 fully saturated rings. The van der Waals surface area contributed by atoms with Crippen LogP contribution in [0.3, 0.4) is 0 Å². The van der Waals surface area contributed by atoms with Gasteiger partial charge in [0.2, 0.25) is 0 Å². The lowest BCUT2D eigenvalue weighted by Crippen LogP contribution is -1.92. The molecule has 1 radical (unpaired) electrons. The molecule has 0 aliphatic rings. The highest BCUT2D eigenvalue weighted by molar-refractivity contribution is 4.93. The lowest BCUT2D eigenvalue weighted by atomic mass is 10.6. The van der Waals surface area contributed by atoms with Crippen LogP contribution in [-0.2, 0) is 0 Å². The van der Waals surface area contributed by atoms with Crippen LogP contribution in [0.4, 0.5) is 0 Å². The molecule has 0 aliphatic carbocycles. The predicted octanol–water partition coefficient (Wildman–Crippen LogP) is 0.758. The maximum Gasteiger partial charge on any atom is 0.0669 e. The molecule has 37 valence electrons. The van der Waals surface area contributed by atoms with Crippen molar-refractivity contribution in [3.63, 3.8) is 0 Å². The molecule has 0 heterocycles. The molecule has 0 saturated carbocycles. The Balaban J connectivity index is 2.92. The van der Waals surface area contributed by atoms with Crippen molar-refractivity contribution in [2.24, 2.45) is 0 Å². The number of hydrogen-bond donors (Lipinski definition) is 0. The van der Waals surface area contributed by atoms with E-state index >= 15 is 0 Å². The molecule has 0 spiro atoms. The van der Waals surface area contributed by atoms with Gasteiger partial charge in [0.1, 0.15) is 0 Å². The highest BCUT2D eigenvalue weighted by Crippen LogP contribution is 1.57. The van der Waals surface area contributed by atoms with Crippen molar-refractivity contribution >= 4 is 0 Å². The van der Waals surface area contributed by atoms with Crippen molar-refractivity contribution in [3.05, 3.63) is 12.7 Å². The molecule has 0 bridgehead atoms. The maximum atomic E-state index is 3.73. The molecule has 0 aromatic rings. The van der Waals surface area contributed by atoms with E-state index in [-0.39, 0.29) is 0 Å². The molecule has 0 aromatic heterocycles. The van der Waals surface area contributed by atoms with E-state index in [9.17, 15) is 0 Å². The Hall–Kier alpha value is -0.900. The first kappa shape index (κ1) is 6.10. The highest BCUT2D eigenvalue weighted by Gasteiger charge is 1.65. The van der Waals surface area contributed by atoms with Gasteiger partial charge >= 0.3 is 0 Å². The van der Waals surface area contributed by atoms with Crippen LogP contribution in [0, 0.1) is 12.0 Å². The summed E-state index contributed by atoms with van der Waals surface area (Å²) in [5, 5.41) is 3.73. The third-order valence-corrected chi connectivity index (χ3v) is 0.411. The van der Waals surface area contributed by atoms with Crippen LogP contribution in [0.1, 0.15) is 6.92 Å². The van der Waals surface area contributed by atoms with Gasteiger partial charge in [-0.2, -0.15) is 0 Å². The highest BCUT2D eigenvalue weighted by atomic mass is 14.8. The minimum atomic E-state index is 0.640. The van der Waals surface area contributed by atoms with E-state index in [1.54, 1.807) is 13.0 Å². The van der Waals surface area contributed by atoms with Crippen LogP contribution in [0.2, 0.25) is 0 Å². The van der Waals surface area contributed by atoms with Gasteiger partial charge in [0.05, 0.1) is 6.54 Å². The van der Waals surface area contributed by atoms with E-state index < -0.39 is 0 Å². The first-order chi connectivity index (χ1) is 3.41. The van der Waals surface area contributed by atoms with E-state index in [0.29, 0.717) is 6.54 Å². The van der Waals surface area contributed by atoms with Gasteiger partial charge in [-0.25, -0.2) is 5.32 Å². The van der Waals surface area contributed by atoms with Crippen LogP contribution in [0.25, 0.3) is 0 Å². The van der Waals surface area contributed by atoms with Crippen LogP contribution in [0.15, 0.2) is 12.7 Å². The van der Waals surface area contributed by atoms with E-state index in [2.05, 4.69) is 23.9 Å². The van der Waals surface area contributed by atoms with Crippen LogP contribution in [0.5, 0.6) is 0 Å². The van der Waals surface area contributed by atoms with Crippen molar-refractivity contribution in [3.8, 4) is 12.0 Å². The second-order valence-electron chi connectivity index (χ2n) is 0.991. The summed E-state index contributed by atoms with van der Waals surface area (Å²) < 4.78 is 0. The molecule has 0 aliphatic heterocycles. The van der Waals surface area contributed by atoms with Crippen molar-refractivity contribution in [1.29, 1.82) is 0 Å². The van der Waals surface area contributed by atoms with E-state index in [4.69, 9.17) is 0 Å². The molecule has 0 rings (SSSR count). The summed E-state index contributed by atoms with van der Waals surface area (Å²) in [7, 11) is 0. The summed E-state index contributed by atoms with van der Waals surface area (Å²) in [6.45, 7) is 5.87. The summed E-state index contributed by atoms with van der Waals surface area (Å²) in [6, 6.07) is 2.55. The zero-order chi connectivity index (χ0) is 5.54. The molecule has 0 aromatic carbocycles. The normalized spacial score (nSPS) is 5.86. The van der Waals surface area contributed by atoms with Gasteiger partial charge in [-0.3, -0.25) is 0 Å². The third-order valence-electron chi connectivity index (χ3n) is 0.411. The molecular formula is C6H8N. The molecule has 0 amide bonds. The van der Waals surface area contributed by atoms with Crippen molar-refractivity contribution in [1.82, 2.24) is 5.32 Å². The Labute approximate surface area is 44.4 Å². The molecule has 0 saturated heterocycles. The van der Waals surface area contributed by atoms with Crippen LogP contribution in [-0.4, -0.2) is 6.54 Å². The van der Waals surface area contributed by atoms with E-state index in [1.165, 1.54) is 0 Å². The zero-order valence-electron chi connectivity index (χ0n) is 4.44. The number of nitrogens with zero attached hydrogens (tertiary/aromatic N) is 1. The maximum absolute atomic E-state index is 3.73. The number of rotatable bonds is 2. The minimum Gasteiger partial charge on any atom is -0.231 e. The van der Waals surface area contributed by atoms with Crippen molar-refractivity contribution < 1.29 is 0 Å². The average molecular weight is 94.1 g/mol. The first-order valence-electron chi connectivity index (χ1n) is 2.11. The lowest BCUT2D eigenvalue weighted by Gasteiger charge is -1.78. The molecule has 1 heteroatoms. The summed E-state index contributed by atoms with van der Waals surface area (Å²) in [5.41, 5.74) is 0. The Morgan fingerprint density at radius 3 is 3.00 bits per heavy atom. The van der Waals surface area contributed by atoms with Gasteiger partial charge in [0.25, 0.3) is 0 Å². The Morgan fingerprint density at radius 2 is 2.57 bits per heavy atom. The molecule has 7 heavy (non-hydrogen) atoms. The van der Waals surface area contributed by atoms with Gasteiger partial charge < -0.3 is 0 Å². The largest absolute Gasteiger partial charge is 0.231 e. The lowest BCUT2D eigenvalue weighted by molar-refractivity contribution is 1.01. The molecule has 0 N–H and O–H groups in total. The topological polar surface area (TPSA) is 14.1 Å². The summed E-state index contributed by atoms with van der Waals surface area (Å²) in [6.07, 6.45) is 1.71. The van der Waals surface area contributed by atoms with Crippen molar-refractivity contribution in [2.45, 2.75) is 6.92 Å². The third kappa shape index (κ3) is 5.10. The monoisotopic (exact) mass is 94.1 g/mol. The van der Waals surface area contributed by atoms with Gasteiger partial charge in [0.15, 0.2) is 0 Å². The van der Waals surface area contributed by atoms with Crippen LogP contribution >= 0.6 is 0 Å². The van der Waals surface area contributed by atoms with Gasteiger partial charge in [0, 0.05) is 6.04 Å². The molecule has 0 unspecified atom stereocenters. The van der Waals surface area contributed by atoms with Crippen LogP contribution < -0.4 is 5.32 Å². The fraction of sp³-hybridized carbons (Fsp3) is 0.333. The van der Waals surface area contributed by atoms with Gasteiger partial charge in [-0.05, 0) is 6.92 Å². The standard InChI is InChI=1S/C6H8N/c1-3-5-7-6-4-2/h3H,1,5H2,2H3. The van der Waals surface area contributed by atoms with E-state index in [1.807, 2.05) is 0 Å². The minimum absolute atomic E-state index is 0.640. The van der Waals surface area contributed by atoms with E-state index in [0.717, 1.165) is 0 Å². The predicted molar refractivity (Wildman–Crippen MR) is 30.6 cm³/mol. The van der Waals surface area contributed by atoms with Gasteiger partial charge in [-0.15, -0.1) is 6.58 Å². The molecular weight excluding hydrogens is 86.1 g/mol. The summed E-state index contributed by atoms with van der Waals surface area (Å²) in [5.74, 6) is 2.64. The first-order valence-corrected chi connectivity index (χ1v) is 2.11. The summed E-state index contributed by atoms with van der Waals surface area (Å²) in [4.78, 5) is 0. The van der Waals surface area contributed by atoms with Crippen molar-refractivity contribution in [2.75, 3.05) is 6.54 Å². The average Bonchev–Trinajstić information content (AvgIpc) is 1.69. The fourth-order valence-electron chi connectivity index (χ4n) is 0.189. The molecule has 1 nitrogen and oxygen atoms in total. The quantitative estimate of drug-likeness (QED) is 0.272. The second kappa shape index (κ2) is 5.10. The smallest absolute Gasteiger partial charge is 0.0669 e. The molecule has 0 atom stereocenters. The fourth-order valence-corrected chi connectivity index (χ4v) is 0.189. The Kier molecular flexibility index (Phi) is 4.44.